The number of hydrogen-bond acceptors (Lipinski definition) is 2. The highest BCUT2D eigenvalue weighted by molar-refractivity contribution is 6.44. The molecule has 0 heterocycles. The van der Waals surface area contributed by atoms with Crippen molar-refractivity contribution in [3.8, 4) is 0 Å². The normalized spacial score (nSPS) is 13.3. The molecule has 1 unspecified atom stereocenters. The van der Waals surface area contributed by atoms with Gasteiger partial charge in [0.2, 0.25) is 0 Å². The second-order valence-corrected chi connectivity index (χ2v) is 3.05. The number of carbonyl (C=O) groups excluding carboxylic acids is 1. The van der Waals surface area contributed by atoms with Crippen molar-refractivity contribution in [2.45, 2.75) is 31.2 Å². The molecule has 0 N–H and O–H groups in total. The topological polar surface area (TPSA) is 26.3 Å². The van der Waals surface area contributed by atoms with Gasteiger partial charge in [-0.05, 0) is 6.42 Å². The number of alkyl halides is 2. The van der Waals surface area contributed by atoms with Crippen LogP contribution in [0.2, 0.25) is 0 Å². The first kappa shape index (κ1) is 10.0. The van der Waals surface area contributed by atoms with E-state index in [1.807, 2.05) is 6.92 Å². The summed E-state index contributed by atoms with van der Waals surface area (Å²) in [6.07, 6.45) is 0.262. The van der Waals surface area contributed by atoms with Crippen molar-refractivity contribution < 1.29 is 9.53 Å². The third kappa shape index (κ3) is 3.96. The molecule has 0 amide bonds. The molecule has 0 saturated carbocycles. The predicted octanol–water partition coefficient (Wildman–Crippen LogP) is 2.13. The van der Waals surface area contributed by atoms with Crippen LogP contribution in [0.15, 0.2) is 0 Å². The first-order valence-corrected chi connectivity index (χ1v) is 3.90. The molecule has 4 heteroatoms. The molecule has 0 saturated heterocycles. The maximum atomic E-state index is 10.4. The lowest BCUT2D eigenvalue weighted by Crippen LogP contribution is -2.21. The molecule has 0 rings (SSSR count). The fourth-order valence-corrected chi connectivity index (χ4v) is 0.985. The van der Waals surface area contributed by atoms with Crippen molar-refractivity contribution >= 4 is 29.2 Å². The van der Waals surface area contributed by atoms with E-state index >= 15 is 0 Å². The largest absolute Gasteiger partial charge is 0.460 e. The first-order chi connectivity index (χ1) is 4.57. The molecule has 0 aliphatic rings. The van der Waals surface area contributed by atoms with Gasteiger partial charge < -0.3 is 4.74 Å². The van der Waals surface area contributed by atoms with E-state index in [9.17, 15) is 4.79 Å². The summed E-state index contributed by atoms with van der Waals surface area (Å²) in [7, 11) is 0. The molecule has 60 valence electrons. The van der Waals surface area contributed by atoms with Crippen molar-refractivity contribution in [2.75, 3.05) is 0 Å². The van der Waals surface area contributed by atoms with Gasteiger partial charge in [-0.3, -0.25) is 4.79 Å². The van der Waals surface area contributed by atoms with Crippen molar-refractivity contribution in [1.82, 2.24) is 0 Å². The van der Waals surface area contributed by atoms with E-state index in [2.05, 4.69) is 0 Å². The summed E-state index contributed by atoms with van der Waals surface area (Å²) >= 11 is 11.0. The molecule has 0 spiro atoms. The summed E-state index contributed by atoms with van der Waals surface area (Å²) in [6, 6.07) is 0. The van der Waals surface area contributed by atoms with Crippen molar-refractivity contribution in [3.63, 3.8) is 0 Å². The highest BCUT2D eigenvalue weighted by atomic mass is 35.5. The Kier molecular flexibility index (Phi) is 4.83. The second kappa shape index (κ2) is 4.80. The van der Waals surface area contributed by atoms with Gasteiger partial charge in [0.1, 0.15) is 10.9 Å². The average Bonchev–Trinajstić information content (AvgIpc) is 1.81. The van der Waals surface area contributed by atoms with Gasteiger partial charge in [-0.2, -0.15) is 0 Å². The summed E-state index contributed by atoms with van der Waals surface area (Å²) in [5.74, 6) is -0.349. The fraction of sp³-hybridized carbons (Fsp3) is 0.833. The third-order valence-electron chi connectivity index (χ3n) is 1.00. The van der Waals surface area contributed by atoms with E-state index in [0.29, 0.717) is 6.42 Å². The standard InChI is InChI=1S/C6H10Cl2O2/c1-3-5(6(7)8)10-4(2)9/h5-6H,3H2,1-2H3. The number of hydrogen-bond donors (Lipinski definition) is 0. The Morgan fingerprint density at radius 3 is 2.20 bits per heavy atom. The minimum absolute atomic E-state index is 0.349. The Morgan fingerprint density at radius 1 is 1.60 bits per heavy atom. The molecular formula is C6H10Cl2O2. The predicted molar refractivity (Wildman–Crippen MR) is 41.3 cm³/mol. The zero-order valence-corrected chi connectivity index (χ0v) is 7.45. The van der Waals surface area contributed by atoms with E-state index < -0.39 is 4.84 Å². The van der Waals surface area contributed by atoms with E-state index in [0.717, 1.165) is 0 Å². The zero-order chi connectivity index (χ0) is 8.15. The molecule has 1 atom stereocenters. The fourth-order valence-electron chi connectivity index (χ4n) is 0.526. The highest BCUT2D eigenvalue weighted by Gasteiger charge is 2.16. The third-order valence-corrected chi connectivity index (χ3v) is 1.56. The van der Waals surface area contributed by atoms with Gasteiger partial charge in [-0.1, -0.05) is 6.92 Å². The van der Waals surface area contributed by atoms with Crippen LogP contribution in [0.5, 0.6) is 0 Å². The van der Waals surface area contributed by atoms with Crippen LogP contribution in [-0.2, 0) is 9.53 Å². The second-order valence-electron chi connectivity index (χ2n) is 1.89. The average molecular weight is 185 g/mol. The number of carbonyl (C=O) groups is 1. The maximum absolute atomic E-state index is 10.4. The summed E-state index contributed by atoms with van der Waals surface area (Å²) in [6.45, 7) is 3.18. The zero-order valence-electron chi connectivity index (χ0n) is 5.93. The summed E-state index contributed by atoms with van der Waals surface area (Å²) in [4.78, 5) is 9.75. The van der Waals surface area contributed by atoms with Gasteiger partial charge in [-0.25, -0.2) is 0 Å². The summed E-state index contributed by atoms with van der Waals surface area (Å²) in [5, 5.41) is 0. The van der Waals surface area contributed by atoms with Gasteiger partial charge in [0, 0.05) is 6.92 Å². The smallest absolute Gasteiger partial charge is 0.302 e. The van der Waals surface area contributed by atoms with Gasteiger partial charge >= 0.3 is 5.97 Å². The SMILES string of the molecule is CCC(OC(C)=O)C(Cl)Cl. The van der Waals surface area contributed by atoms with Crippen LogP contribution >= 0.6 is 23.2 Å². The van der Waals surface area contributed by atoms with Crippen LogP contribution in [0.1, 0.15) is 20.3 Å². The Labute approximate surface area is 70.4 Å². The summed E-state index contributed by atoms with van der Waals surface area (Å²) < 4.78 is 4.76. The Morgan fingerprint density at radius 2 is 2.10 bits per heavy atom. The molecular weight excluding hydrogens is 175 g/mol. The molecule has 0 aromatic rings. The number of halogens is 2. The van der Waals surface area contributed by atoms with Crippen molar-refractivity contribution in [2.24, 2.45) is 0 Å². The molecule has 0 fully saturated rings. The molecule has 2 nitrogen and oxygen atoms in total. The molecule has 0 bridgehead atoms. The monoisotopic (exact) mass is 184 g/mol. The van der Waals surface area contributed by atoms with E-state index in [1.165, 1.54) is 6.92 Å². The highest BCUT2D eigenvalue weighted by Crippen LogP contribution is 2.14. The Balaban J connectivity index is 3.71. The van der Waals surface area contributed by atoms with Crippen LogP contribution in [0.25, 0.3) is 0 Å². The Hall–Kier alpha value is 0.0500. The van der Waals surface area contributed by atoms with Crippen molar-refractivity contribution in [3.05, 3.63) is 0 Å². The van der Waals surface area contributed by atoms with Gasteiger partial charge in [0.05, 0.1) is 0 Å². The maximum Gasteiger partial charge on any atom is 0.302 e. The quantitative estimate of drug-likeness (QED) is 0.497. The number of esters is 1. The minimum Gasteiger partial charge on any atom is -0.460 e. The molecule has 0 aliphatic carbocycles. The summed E-state index contributed by atoms with van der Waals surface area (Å²) in [5.41, 5.74) is 0. The number of ether oxygens (including phenoxy) is 1. The molecule has 0 aliphatic heterocycles. The van der Waals surface area contributed by atoms with Crippen LogP contribution in [0.4, 0.5) is 0 Å². The lowest BCUT2D eigenvalue weighted by Gasteiger charge is -2.14. The van der Waals surface area contributed by atoms with Gasteiger partial charge in [-0.15, -0.1) is 23.2 Å². The molecule has 0 aromatic heterocycles. The van der Waals surface area contributed by atoms with Crippen LogP contribution in [0, 0.1) is 0 Å². The lowest BCUT2D eigenvalue weighted by molar-refractivity contribution is -0.145. The van der Waals surface area contributed by atoms with Crippen LogP contribution in [-0.4, -0.2) is 16.9 Å². The number of rotatable bonds is 3. The molecule has 0 radical (unpaired) electrons. The van der Waals surface area contributed by atoms with Crippen LogP contribution < -0.4 is 0 Å². The van der Waals surface area contributed by atoms with E-state index in [1.54, 1.807) is 0 Å². The van der Waals surface area contributed by atoms with Crippen molar-refractivity contribution in [1.29, 1.82) is 0 Å². The van der Waals surface area contributed by atoms with Crippen LogP contribution in [0.3, 0.4) is 0 Å². The first-order valence-electron chi connectivity index (χ1n) is 3.03. The molecule has 10 heavy (non-hydrogen) atoms. The minimum atomic E-state index is -0.631. The van der Waals surface area contributed by atoms with E-state index in [4.69, 9.17) is 27.9 Å². The van der Waals surface area contributed by atoms with Gasteiger partial charge in [0.25, 0.3) is 0 Å². The Bertz CT molecular complexity index is 114. The lowest BCUT2D eigenvalue weighted by atomic mass is 10.3. The van der Waals surface area contributed by atoms with E-state index in [-0.39, 0.29) is 12.1 Å². The van der Waals surface area contributed by atoms with Gasteiger partial charge in [0.15, 0.2) is 0 Å². The molecule has 0 aromatic carbocycles.